The van der Waals surface area contributed by atoms with Gasteiger partial charge >= 0.3 is 0 Å². The summed E-state index contributed by atoms with van der Waals surface area (Å²) in [4.78, 5) is 15.4. The second-order valence-electron chi connectivity index (χ2n) is 5.42. The van der Waals surface area contributed by atoms with Crippen molar-refractivity contribution in [2.24, 2.45) is 5.10 Å². The van der Waals surface area contributed by atoms with Crippen molar-refractivity contribution in [3.63, 3.8) is 0 Å². The first-order valence-corrected chi connectivity index (χ1v) is 8.13. The Morgan fingerprint density at radius 3 is 2.79 bits per heavy atom. The summed E-state index contributed by atoms with van der Waals surface area (Å²) in [7, 11) is 0. The highest BCUT2D eigenvalue weighted by Gasteiger charge is 2.11. The van der Waals surface area contributed by atoms with Gasteiger partial charge in [0.2, 0.25) is 5.91 Å². The normalized spacial score (nSPS) is 11.3. The molecule has 0 atom stereocenters. The molecule has 0 saturated heterocycles. The smallest absolute Gasteiger partial charge is 0.244 e. The Morgan fingerprint density at radius 2 is 2.00 bits per heavy atom. The third-order valence-corrected chi connectivity index (χ3v) is 4.45. The molecule has 1 aromatic heterocycles. The van der Waals surface area contributed by atoms with Crippen LogP contribution in [-0.4, -0.2) is 17.1 Å². The Labute approximate surface area is 149 Å². The molecular weight excluding hydrogens is 345 g/mol. The number of aryl methyl sites for hydroxylation is 1. The number of H-pyrrole nitrogens is 1. The van der Waals surface area contributed by atoms with Gasteiger partial charge in [-0.1, -0.05) is 47.5 Å². The highest BCUT2D eigenvalue weighted by Crippen LogP contribution is 2.23. The van der Waals surface area contributed by atoms with Crippen LogP contribution in [-0.2, 0) is 11.2 Å². The summed E-state index contributed by atoms with van der Waals surface area (Å²) in [6.07, 6.45) is 1.79. The lowest BCUT2D eigenvalue weighted by molar-refractivity contribution is -0.120. The van der Waals surface area contributed by atoms with Crippen LogP contribution in [0.2, 0.25) is 10.0 Å². The minimum Gasteiger partial charge on any atom is -0.358 e. The van der Waals surface area contributed by atoms with Crippen LogP contribution in [0.3, 0.4) is 0 Å². The molecule has 1 heterocycles. The summed E-state index contributed by atoms with van der Waals surface area (Å²) < 4.78 is 0. The molecule has 0 bridgehead atoms. The summed E-state index contributed by atoms with van der Waals surface area (Å²) >= 11 is 11.8. The number of halogens is 2. The fourth-order valence-corrected chi connectivity index (χ4v) is 2.84. The largest absolute Gasteiger partial charge is 0.358 e. The molecule has 0 aliphatic rings. The van der Waals surface area contributed by atoms with Gasteiger partial charge in [0.1, 0.15) is 0 Å². The molecule has 0 unspecified atom stereocenters. The van der Waals surface area contributed by atoms with Crippen LogP contribution in [0.5, 0.6) is 0 Å². The Balaban J connectivity index is 1.68. The van der Waals surface area contributed by atoms with E-state index >= 15 is 0 Å². The number of carbonyl (C=O) groups excluding carboxylic acids is 1. The lowest BCUT2D eigenvalue weighted by Crippen LogP contribution is -2.20. The van der Waals surface area contributed by atoms with E-state index in [0.717, 1.165) is 27.7 Å². The molecule has 6 heteroatoms. The van der Waals surface area contributed by atoms with E-state index in [4.69, 9.17) is 23.2 Å². The van der Waals surface area contributed by atoms with Crippen molar-refractivity contribution in [3.05, 3.63) is 69.3 Å². The molecule has 24 heavy (non-hydrogen) atoms. The number of carbonyl (C=O) groups is 1. The number of hydrazone groups is 1. The molecule has 2 N–H and O–H groups in total. The number of fused-ring (bicyclic) bond motifs is 1. The number of rotatable bonds is 4. The van der Waals surface area contributed by atoms with Gasteiger partial charge in [-0.3, -0.25) is 4.79 Å². The highest BCUT2D eigenvalue weighted by atomic mass is 35.5. The van der Waals surface area contributed by atoms with E-state index in [1.165, 1.54) is 6.21 Å². The number of hydrogen-bond acceptors (Lipinski definition) is 2. The standard InChI is InChI=1S/C18H15Cl2N3O/c1-11-14(13-4-2-3-5-17(13)22-11)9-18(24)23-21-10-12-6-7-15(19)16(20)8-12/h2-8,10,22H,9H2,1H3,(H,23,24)/b21-10-. The SMILES string of the molecule is Cc1[nH]c2ccccc2c1CC(=O)N/N=C\c1ccc(Cl)c(Cl)c1. The summed E-state index contributed by atoms with van der Waals surface area (Å²) in [6.45, 7) is 1.96. The van der Waals surface area contributed by atoms with E-state index in [0.29, 0.717) is 10.0 Å². The summed E-state index contributed by atoms with van der Waals surface area (Å²) in [5.41, 5.74) is 6.28. The fourth-order valence-electron chi connectivity index (χ4n) is 2.53. The molecular formula is C18H15Cl2N3O. The molecule has 0 fully saturated rings. The summed E-state index contributed by atoms with van der Waals surface area (Å²) in [5, 5.41) is 5.95. The van der Waals surface area contributed by atoms with E-state index in [1.54, 1.807) is 18.2 Å². The van der Waals surface area contributed by atoms with Gasteiger partial charge in [-0.15, -0.1) is 0 Å². The van der Waals surface area contributed by atoms with Gasteiger partial charge < -0.3 is 4.98 Å². The minimum absolute atomic E-state index is 0.181. The average Bonchev–Trinajstić information content (AvgIpc) is 2.87. The molecule has 0 aliphatic carbocycles. The van der Waals surface area contributed by atoms with Gasteiger partial charge in [-0.05, 0) is 36.2 Å². The summed E-state index contributed by atoms with van der Waals surface area (Å²) in [6, 6.07) is 13.1. The molecule has 0 radical (unpaired) electrons. The van der Waals surface area contributed by atoms with Gasteiger partial charge in [0.25, 0.3) is 0 Å². The number of amides is 1. The van der Waals surface area contributed by atoms with Gasteiger partial charge in [-0.2, -0.15) is 5.10 Å². The monoisotopic (exact) mass is 359 g/mol. The van der Waals surface area contributed by atoms with E-state index in [1.807, 2.05) is 31.2 Å². The van der Waals surface area contributed by atoms with Crippen LogP contribution in [0.25, 0.3) is 10.9 Å². The number of para-hydroxylation sites is 1. The zero-order valence-electron chi connectivity index (χ0n) is 12.9. The Hall–Kier alpha value is -2.30. The average molecular weight is 360 g/mol. The second-order valence-corrected chi connectivity index (χ2v) is 6.23. The lowest BCUT2D eigenvalue weighted by atomic mass is 10.1. The van der Waals surface area contributed by atoms with Crippen molar-refractivity contribution >= 4 is 46.2 Å². The van der Waals surface area contributed by atoms with Crippen molar-refractivity contribution in [2.45, 2.75) is 13.3 Å². The maximum atomic E-state index is 12.1. The van der Waals surface area contributed by atoms with Crippen molar-refractivity contribution in [1.82, 2.24) is 10.4 Å². The van der Waals surface area contributed by atoms with Crippen LogP contribution in [0.4, 0.5) is 0 Å². The topological polar surface area (TPSA) is 57.2 Å². The third-order valence-electron chi connectivity index (χ3n) is 3.71. The molecule has 3 rings (SSSR count). The first-order valence-electron chi connectivity index (χ1n) is 7.38. The van der Waals surface area contributed by atoms with Crippen LogP contribution in [0.15, 0.2) is 47.6 Å². The molecule has 3 aromatic rings. The van der Waals surface area contributed by atoms with E-state index < -0.39 is 0 Å². The molecule has 0 aliphatic heterocycles. The van der Waals surface area contributed by atoms with Crippen molar-refractivity contribution in [3.8, 4) is 0 Å². The minimum atomic E-state index is -0.181. The maximum Gasteiger partial charge on any atom is 0.244 e. The van der Waals surface area contributed by atoms with Gasteiger partial charge in [0, 0.05) is 16.6 Å². The van der Waals surface area contributed by atoms with E-state index in [-0.39, 0.29) is 12.3 Å². The van der Waals surface area contributed by atoms with Crippen molar-refractivity contribution in [1.29, 1.82) is 0 Å². The molecule has 1 amide bonds. The lowest BCUT2D eigenvalue weighted by Gasteiger charge is -2.01. The highest BCUT2D eigenvalue weighted by molar-refractivity contribution is 6.42. The number of benzene rings is 2. The van der Waals surface area contributed by atoms with E-state index in [2.05, 4.69) is 15.5 Å². The Morgan fingerprint density at radius 1 is 1.21 bits per heavy atom. The predicted octanol–water partition coefficient (Wildman–Crippen LogP) is 4.48. The molecule has 122 valence electrons. The van der Waals surface area contributed by atoms with Crippen molar-refractivity contribution in [2.75, 3.05) is 0 Å². The van der Waals surface area contributed by atoms with Gasteiger partial charge in [0.05, 0.1) is 22.7 Å². The first kappa shape index (κ1) is 16.6. The maximum absolute atomic E-state index is 12.1. The number of aromatic nitrogens is 1. The number of aromatic amines is 1. The number of hydrogen-bond donors (Lipinski definition) is 2. The quantitative estimate of drug-likeness (QED) is 0.523. The summed E-state index contributed by atoms with van der Waals surface area (Å²) in [5.74, 6) is -0.181. The van der Waals surface area contributed by atoms with Crippen LogP contribution in [0.1, 0.15) is 16.8 Å². The van der Waals surface area contributed by atoms with Crippen LogP contribution < -0.4 is 5.43 Å². The zero-order chi connectivity index (χ0) is 17.1. The van der Waals surface area contributed by atoms with E-state index in [9.17, 15) is 4.79 Å². The van der Waals surface area contributed by atoms with Crippen LogP contribution >= 0.6 is 23.2 Å². The third kappa shape index (κ3) is 3.61. The molecule has 2 aromatic carbocycles. The van der Waals surface area contributed by atoms with Gasteiger partial charge in [-0.25, -0.2) is 5.43 Å². The predicted molar refractivity (Wildman–Crippen MR) is 98.9 cm³/mol. The van der Waals surface area contributed by atoms with Crippen molar-refractivity contribution < 1.29 is 4.79 Å². The number of nitrogens with zero attached hydrogens (tertiary/aromatic N) is 1. The van der Waals surface area contributed by atoms with Crippen LogP contribution in [0, 0.1) is 6.92 Å². The fraction of sp³-hybridized carbons (Fsp3) is 0.111. The first-order chi connectivity index (χ1) is 11.5. The Bertz CT molecular complexity index is 931. The molecule has 0 spiro atoms. The Kier molecular flexibility index (Phi) is 4.88. The van der Waals surface area contributed by atoms with Gasteiger partial charge in [0.15, 0.2) is 0 Å². The molecule has 0 saturated carbocycles. The second kappa shape index (κ2) is 7.07. The number of nitrogens with one attached hydrogen (secondary N) is 2. The molecule has 4 nitrogen and oxygen atoms in total. The zero-order valence-corrected chi connectivity index (χ0v) is 14.4.